The smallest absolute Gasteiger partial charge is 0.271 e. The second-order valence-corrected chi connectivity index (χ2v) is 7.41. The molecule has 1 saturated heterocycles. The number of nitrogens with one attached hydrogen (secondary N) is 1. The van der Waals surface area contributed by atoms with Crippen LogP contribution in [0.2, 0.25) is 0 Å². The number of pyridine rings is 1. The number of halogens is 1. The van der Waals surface area contributed by atoms with Crippen molar-refractivity contribution in [2.75, 3.05) is 13.1 Å². The summed E-state index contributed by atoms with van der Waals surface area (Å²) in [4.78, 5) is 19.3. The molecule has 1 aliphatic rings. The van der Waals surface area contributed by atoms with Crippen LogP contribution < -0.4 is 0 Å². The minimum atomic E-state index is -0.223. The molecule has 144 valence electrons. The van der Waals surface area contributed by atoms with Crippen LogP contribution >= 0.6 is 0 Å². The Bertz CT molecular complexity index is 953. The fraction of sp³-hybridized carbons (Fsp3) is 0.318. The van der Waals surface area contributed by atoms with Crippen molar-refractivity contribution in [1.82, 2.24) is 20.1 Å². The van der Waals surface area contributed by atoms with E-state index in [9.17, 15) is 9.18 Å². The summed E-state index contributed by atoms with van der Waals surface area (Å²) < 4.78 is 13.2. The summed E-state index contributed by atoms with van der Waals surface area (Å²) in [5.74, 6) is -0.0199. The van der Waals surface area contributed by atoms with E-state index in [1.54, 1.807) is 12.3 Å². The van der Waals surface area contributed by atoms with E-state index in [0.29, 0.717) is 12.2 Å². The third-order valence-electron chi connectivity index (χ3n) is 5.21. The maximum Gasteiger partial charge on any atom is 0.271 e. The molecule has 1 amide bonds. The Morgan fingerprint density at radius 1 is 1.21 bits per heavy atom. The number of H-pyrrole nitrogens is 1. The number of likely N-dealkylation sites (tertiary alicyclic amines) is 1. The number of hydrogen-bond donors (Lipinski definition) is 1. The molecule has 1 aromatic carbocycles. The molecule has 3 heterocycles. The van der Waals surface area contributed by atoms with E-state index >= 15 is 0 Å². The first-order chi connectivity index (χ1) is 13.6. The molecule has 0 saturated carbocycles. The molecule has 5 nitrogen and oxygen atoms in total. The quantitative estimate of drug-likeness (QED) is 0.750. The molecule has 1 N–H and O–H groups in total. The first kappa shape index (κ1) is 18.3. The Morgan fingerprint density at radius 2 is 2.04 bits per heavy atom. The summed E-state index contributed by atoms with van der Waals surface area (Å²) in [6.45, 7) is 3.40. The van der Waals surface area contributed by atoms with Crippen molar-refractivity contribution in [2.45, 2.75) is 32.1 Å². The van der Waals surface area contributed by atoms with Crippen LogP contribution in [0.4, 0.5) is 4.39 Å². The number of carbonyl (C=O) groups is 1. The van der Waals surface area contributed by atoms with Gasteiger partial charge in [0.05, 0.1) is 0 Å². The van der Waals surface area contributed by atoms with Gasteiger partial charge >= 0.3 is 0 Å². The van der Waals surface area contributed by atoms with E-state index in [0.717, 1.165) is 48.3 Å². The highest BCUT2D eigenvalue weighted by Gasteiger charge is 2.27. The van der Waals surface area contributed by atoms with Crippen LogP contribution in [0.3, 0.4) is 0 Å². The molecule has 0 aliphatic carbocycles. The van der Waals surface area contributed by atoms with Gasteiger partial charge < -0.3 is 4.90 Å². The molecule has 3 aromatic rings. The second-order valence-electron chi connectivity index (χ2n) is 7.41. The first-order valence-electron chi connectivity index (χ1n) is 9.59. The van der Waals surface area contributed by atoms with Crippen molar-refractivity contribution < 1.29 is 9.18 Å². The van der Waals surface area contributed by atoms with E-state index in [1.807, 2.05) is 24.0 Å². The minimum Gasteiger partial charge on any atom is -0.337 e. The SMILES string of the molecule is Cc1cc(Cc2ccc(F)cc2)cc(C2CCCN(C(=O)c3ccn[nH]3)C2)n1. The standard InChI is InChI=1S/C22H23FN4O/c1-15-11-17(12-16-4-6-19(23)7-5-16)13-21(25-15)18-3-2-10-27(14-18)22(28)20-8-9-24-26-20/h4-9,11,13,18H,2-3,10,12,14H2,1H3,(H,24,26). The Hall–Kier alpha value is -3.02. The van der Waals surface area contributed by atoms with Crippen molar-refractivity contribution in [2.24, 2.45) is 0 Å². The van der Waals surface area contributed by atoms with Gasteiger partial charge in [-0.3, -0.25) is 14.9 Å². The van der Waals surface area contributed by atoms with Crippen LogP contribution in [0.1, 0.15) is 51.8 Å². The third kappa shape index (κ3) is 4.11. The number of benzene rings is 1. The monoisotopic (exact) mass is 378 g/mol. The lowest BCUT2D eigenvalue weighted by atomic mass is 9.92. The largest absolute Gasteiger partial charge is 0.337 e. The van der Waals surface area contributed by atoms with E-state index in [4.69, 9.17) is 4.98 Å². The Labute approximate surface area is 163 Å². The highest BCUT2D eigenvalue weighted by atomic mass is 19.1. The summed E-state index contributed by atoms with van der Waals surface area (Å²) in [7, 11) is 0. The zero-order chi connectivity index (χ0) is 19.5. The lowest BCUT2D eigenvalue weighted by Gasteiger charge is -2.32. The lowest BCUT2D eigenvalue weighted by Crippen LogP contribution is -2.39. The Morgan fingerprint density at radius 3 is 2.79 bits per heavy atom. The van der Waals surface area contributed by atoms with Gasteiger partial charge in [0.1, 0.15) is 11.5 Å². The van der Waals surface area contributed by atoms with Crippen LogP contribution in [0.25, 0.3) is 0 Å². The molecule has 1 unspecified atom stereocenters. The molecule has 2 aromatic heterocycles. The van der Waals surface area contributed by atoms with E-state index in [2.05, 4.69) is 22.3 Å². The molecular weight excluding hydrogens is 355 g/mol. The van der Waals surface area contributed by atoms with Crippen molar-refractivity contribution in [3.63, 3.8) is 0 Å². The van der Waals surface area contributed by atoms with Crippen molar-refractivity contribution in [1.29, 1.82) is 0 Å². The van der Waals surface area contributed by atoms with Gasteiger partial charge in [0.25, 0.3) is 5.91 Å². The van der Waals surface area contributed by atoms with Crippen LogP contribution in [0.5, 0.6) is 0 Å². The maximum absolute atomic E-state index is 13.2. The summed E-state index contributed by atoms with van der Waals surface area (Å²) in [5.41, 5.74) is 4.74. The normalized spacial score (nSPS) is 16.9. The van der Waals surface area contributed by atoms with Gasteiger partial charge in [0, 0.05) is 36.6 Å². The predicted octanol–water partition coefficient (Wildman–Crippen LogP) is 3.86. The van der Waals surface area contributed by atoms with E-state index in [-0.39, 0.29) is 17.6 Å². The van der Waals surface area contributed by atoms with E-state index in [1.165, 1.54) is 12.1 Å². The molecule has 6 heteroatoms. The van der Waals surface area contributed by atoms with Crippen LogP contribution in [0.15, 0.2) is 48.7 Å². The number of piperidine rings is 1. The molecule has 0 bridgehead atoms. The highest BCUT2D eigenvalue weighted by molar-refractivity contribution is 5.92. The summed E-state index contributed by atoms with van der Waals surface area (Å²) in [5, 5.41) is 6.63. The number of hydrogen-bond acceptors (Lipinski definition) is 3. The third-order valence-corrected chi connectivity index (χ3v) is 5.21. The van der Waals surface area contributed by atoms with Gasteiger partial charge in [-0.15, -0.1) is 0 Å². The van der Waals surface area contributed by atoms with E-state index < -0.39 is 0 Å². The Balaban J connectivity index is 1.52. The van der Waals surface area contributed by atoms with Gasteiger partial charge in [0.15, 0.2) is 0 Å². The zero-order valence-corrected chi connectivity index (χ0v) is 15.9. The average Bonchev–Trinajstić information content (AvgIpc) is 3.24. The number of aromatic amines is 1. The molecular formula is C22H23FN4O. The maximum atomic E-state index is 13.2. The molecule has 4 rings (SSSR count). The fourth-order valence-corrected chi connectivity index (χ4v) is 3.87. The van der Waals surface area contributed by atoms with Crippen molar-refractivity contribution in [3.8, 4) is 0 Å². The van der Waals surface area contributed by atoms with Crippen LogP contribution in [-0.2, 0) is 6.42 Å². The van der Waals surface area contributed by atoms with Crippen LogP contribution in [-0.4, -0.2) is 39.1 Å². The topological polar surface area (TPSA) is 61.9 Å². The average molecular weight is 378 g/mol. The zero-order valence-electron chi connectivity index (χ0n) is 15.9. The number of aromatic nitrogens is 3. The van der Waals surface area contributed by atoms with Crippen molar-refractivity contribution >= 4 is 5.91 Å². The van der Waals surface area contributed by atoms with Gasteiger partial charge in [-0.2, -0.15) is 5.10 Å². The molecule has 1 atom stereocenters. The minimum absolute atomic E-state index is 0.0126. The molecule has 28 heavy (non-hydrogen) atoms. The number of carbonyl (C=O) groups excluding carboxylic acids is 1. The van der Waals surface area contributed by atoms with Gasteiger partial charge in [0.2, 0.25) is 0 Å². The number of amides is 1. The summed E-state index contributed by atoms with van der Waals surface area (Å²) in [6, 6.07) is 12.5. The lowest BCUT2D eigenvalue weighted by molar-refractivity contribution is 0.0700. The summed E-state index contributed by atoms with van der Waals surface area (Å²) >= 11 is 0. The summed E-state index contributed by atoms with van der Waals surface area (Å²) in [6.07, 6.45) is 4.30. The van der Waals surface area contributed by atoms with Crippen molar-refractivity contribution in [3.05, 3.63) is 82.7 Å². The fourth-order valence-electron chi connectivity index (χ4n) is 3.87. The molecule has 0 radical (unpaired) electrons. The predicted molar refractivity (Wildman–Crippen MR) is 105 cm³/mol. The first-order valence-corrected chi connectivity index (χ1v) is 9.59. The highest BCUT2D eigenvalue weighted by Crippen LogP contribution is 2.28. The number of nitrogens with zero attached hydrogens (tertiary/aromatic N) is 3. The number of rotatable bonds is 4. The number of aryl methyl sites for hydroxylation is 1. The van der Waals surface area contributed by atoms with Crippen LogP contribution in [0, 0.1) is 12.7 Å². The van der Waals surface area contributed by atoms with Gasteiger partial charge in [-0.05, 0) is 67.6 Å². The van der Waals surface area contributed by atoms with Gasteiger partial charge in [-0.1, -0.05) is 12.1 Å². The van der Waals surface area contributed by atoms with Gasteiger partial charge in [-0.25, -0.2) is 4.39 Å². The molecule has 1 fully saturated rings. The molecule has 0 spiro atoms. The molecule has 1 aliphatic heterocycles. The Kier molecular flexibility index (Phi) is 5.19. The second kappa shape index (κ2) is 7.92.